The number of anilines is 3. The molecule has 0 radical (unpaired) electrons. The maximum absolute atomic E-state index is 12.7. The van der Waals surface area contributed by atoms with Crippen molar-refractivity contribution in [3.05, 3.63) is 49.6 Å². The topological polar surface area (TPSA) is 122 Å². The minimum absolute atomic E-state index is 0.0227. The van der Waals surface area contributed by atoms with E-state index in [9.17, 15) is 14.4 Å². The maximum Gasteiger partial charge on any atom is 0.330 e. The highest BCUT2D eigenvalue weighted by atomic mass is 35.5. The number of nitrogens with zero attached hydrogens (tertiary/aromatic N) is 2. The van der Waals surface area contributed by atoms with E-state index in [0.717, 1.165) is 18.4 Å². The van der Waals surface area contributed by atoms with Gasteiger partial charge in [0, 0.05) is 20.2 Å². The summed E-state index contributed by atoms with van der Waals surface area (Å²) in [6, 6.07) is 5.28. The maximum atomic E-state index is 12.7. The van der Waals surface area contributed by atoms with Crippen LogP contribution in [-0.4, -0.2) is 42.3 Å². The number of H-pyrrole nitrogens is 1. The second kappa shape index (κ2) is 10.8. The standard InChI is InChI=1S/C20H28ClN5O4/c1-4-5-8-26-18(22)17(19(28)24-20(26)29)25(9-10-30-3)12-16(27)23-15-7-6-13(2)11-14(15)21/h6-7,11H,4-5,8-10,12,22H2,1-3H3,(H,23,27)(H,24,28,29). The third kappa shape index (κ3) is 5.87. The van der Waals surface area contributed by atoms with E-state index in [2.05, 4.69) is 10.3 Å². The number of aryl methyl sites for hydroxylation is 1. The van der Waals surface area contributed by atoms with E-state index in [1.807, 2.05) is 19.9 Å². The minimum Gasteiger partial charge on any atom is -0.383 e. The van der Waals surface area contributed by atoms with Crippen molar-refractivity contribution < 1.29 is 9.53 Å². The smallest absolute Gasteiger partial charge is 0.330 e. The number of methoxy groups -OCH3 is 1. The van der Waals surface area contributed by atoms with Gasteiger partial charge in [-0.05, 0) is 31.0 Å². The van der Waals surface area contributed by atoms with Crippen molar-refractivity contribution in [2.24, 2.45) is 0 Å². The zero-order valence-corrected chi connectivity index (χ0v) is 18.2. The number of aromatic nitrogens is 2. The Morgan fingerprint density at radius 1 is 1.37 bits per heavy atom. The Morgan fingerprint density at radius 3 is 2.73 bits per heavy atom. The third-order valence-electron chi connectivity index (χ3n) is 4.56. The van der Waals surface area contributed by atoms with Crippen molar-refractivity contribution in [3.8, 4) is 0 Å². The second-order valence-corrected chi connectivity index (χ2v) is 7.35. The SMILES string of the molecule is CCCCn1c(N)c(N(CCOC)CC(=O)Nc2ccc(C)cc2Cl)c(=O)[nH]c1=O. The van der Waals surface area contributed by atoms with Gasteiger partial charge >= 0.3 is 5.69 Å². The summed E-state index contributed by atoms with van der Waals surface area (Å²) >= 11 is 6.19. The predicted octanol–water partition coefficient (Wildman–Crippen LogP) is 1.97. The van der Waals surface area contributed by atoms with E-state index in [4.69, 9.17) is 22.1 Å². The van der Waals surface area contributed by atoms with Crippen LogP contribution in [0.15, 0.2) is 27.8 Å². The molecule has 0 spiro atoms. The molecule has 1 heterocycles. The average Bonchev–Trinajstić information content (AvgIpc) is 2.67. The summed E-state index contributed by atoms with van der Waals surface area (Å²) in [5.41, 5.74) is 6.45. The Morgan fingerprint density at radius 2 is 2.10 bits per heavy atom. The van der Waals surface area contributed by atoms with Gasteiger partial charge in [0.15, 0.2) is 0 Å². The van der Waals surface area contributed by atoms with Gasteiger partial charge in [-0.15, -0.1) is 0 Å². The molecule has 9 nitrogen and oxygen atoms in total. The highest BCUT2D eigenvalue weighted by Gasteiger charge is 2.21. The van der Waals surface area contributed by atoms with Gasteiger partial charge in [0.1, 0.15) is 11.5 Å². The molecular formula is C20H28ClN5O4. The molecular weight excluding hydrogens is 410 g/mol. The van der Waals surface area contributed by atoms with E-state index in [-0.39, 0.29) is 37.1 Å². The fourth-order valence-electron chi connectivity index (χ4n) is 2.98. The number of carbonyl (C=O) groups excluding carboxylic acids is 1. The van der Waals surface area contributed by atoms with Crippen LogP contribution in [0.4, 0.5) is 17.2 Å². The molecule has 0 unspecified atom stereocenters. The molecule has 164 valence electrons. The van der Waals surface area contributed by atoms with Crippen LogP contribution in [0.2, 0.25) is 5.02 Å². The highest BCUT2D eigenvalue weighted by molar-refractivity contribution is 6.33. The number of aromatic amines is 1. The Bertz CT molecular complexity index is 1000. The Hall–Kier alpha value is -2.78. The lowest BCUT2D eigenvalue weighted by Gasteiger charge is -2.25. The molecule has 4 N–H and O–H groups in total. The van der Waals surface area contributed by atoms with Crippen LogP contribution in [0.5, 0.6) is 0 Å². The summed E-state index contributed by atoms with van der Waals surface area (Å²) in [5.74, 6) is -0.364. The number of benzene rings is 1. The predicted molar refractivity (Wildman–Crippen MR) is 120 cm³/mol. The number of amides is 1. The van der Waals surface area contributed by atoms with E-state index < -0.39 is 11.2 Å². The van der Waals surface area contributed by atoms with Crippen molar-refractivity contribution in [1.29, 1.82) is 0 Å². The first-order valence-electron chi connectivity index (χ1n) is 9.71. The molecule has 0 bridgehead atoms. The molecule has 0 atom stereocenters. The minimum atomic E-state index is -0.650. The van der Waals surface area contributed by atoms with Crippen LogP contribution in [0.3, 0.4) is 0 Å². The Labute approximate surface area is 179 Å². The quantitative estimate of drug-likeness (QED) is 0.522. The molecule has 30 heavy (non-hydrogen) atoms. The number of unbranched alkanes of at least 4 members (excludes halogenated alkanes) is 1. The average molecular weight is 438 g/mol. The molecule has 2 aromatic rings. The van der Waals surface area contributed by atoms with Crippen LogP contribution in [0.1, 0.15) is 25.3 Å². The first-order valence-corrected chi connectivity index (χ1v) is 10.1. The van der Waals surface area contributed by atoms with Gasteiger partial charge in [-0.25, -0.2) is 4.79 Å². The number of nitrogens with one attached hydrogen (secondary N) is 2. The summed E-state index contributed by atoms with van der Waals surface area (Å²) in [6.45, 7) is 4.56. The largest absolute Gasteiger partial charge is 0.383 e. The summed E-state index contributed by atoms with van der Waals surface area (Å²) in [4.78, 5) is 41.2. The number of halogens is 1. The first kappa shape index (κ1) is 23.5. The fourth-order valence-corrected chi connectivity index (χ4v) is 3.26. The molecule has 1 aromatic carbocycles. The number of carbonyl (C=O) groups is 1. The Balaban J connectivity index is 2.34. The van der Waals surface area contributed by atoms with E-state index >= 15 is 0 Å². The second-order valence-electron chi connectivity index (χ2n) is 6.94. The number of nitrogens with two attached hydrogens (primary N) is 1. The van der Waals surface area contributed by atoms with Crippen molar-refractivity contribution in [1.82, 2.24) is 9.55 Å². The third-order valence-corrected chi connectivity index (χ3v) is 4.88. The van der Waals surface area contributed by atoms with Gasteiger partial charge in [-0.3, -0.25) is 19.1 Å². The molecule has 1 amide bonds. The van der Waals surface area contributed by atoms with Gasteiger partial charge in [0.05, 0.1) is 23.9 Å². The fraction of sp³-hybridized carbons (Fsp3) is 0.450. The van der Waals surface area contributed by atoms with Crippen LogP contribution < -0.4 is 27.2 Å². The molecule has 0 saturated carbocycles. The van der Waals surface area contributed by atoms with E-state index in [0.29, 0.717) is 17.3 Å². The van der Waals surface area contributed by atoms with E-state index in [1.165, 1.54) is 16.6 Å². The van der Waals surface area contributed by atoms with Crippen molar-refractivity contribution in [2.45, 2.75) is 33.2 Å². The summed E-state index contributed by atoms with van der Waals surface area (Å²) in [7, 11) is 1.51. The summed E-state index contributed by atoms with van der Waals surface area (Å²) in [6.07, 6.45) is 1.58. The Kier molecular flexibility index (Phi) is 8.49. The summed E-state index contributed by atoms with van der Waals surface area (Å²) in [5, 5.41) is 3.15. The van der Waals surface area contributed by atoms with E-state index in [1.54, 1.807) is 12.1 Å². The van der Waals surface area contributed by atoms with Crippen molar-refractivity contribution in [2.75, 3.05) is 42.8 Å². The lowest BCUT2D eigenvalue weighted by Crippen LogP contribution is -2.42. The van der Waals surface area contributed by atoms with Gasteiger partial charge in [0.2, 0.25) is 5.91 Å². The van der Waals surface area contributed by atoms with Crippen LogP contribution in [0, 0.1) is 6.92 Å². The zero-order valence-electron chi connectivity index (χ0n) is 17.5. The molecule has 10 heteroatoms. The zero-order chi connectivity index (χ0) is 22.3. The molecule has 1 aromatic heterocycles. The number of hydrogen-bond acceptors (Lipinski definition) is 6. The van der Waals surface area contributed by atoms with Crippen molar-refractivity contribution >= 4 is 34.7 Å². The van der Waals surface area contributed by atoms with Crippen LogP contribution in [-0.2, 0) is 16.1 Å². The van der Waals surface area contributed by atoms with Gasteiger partial charge in [-0.1, -0.05) is 31.0 Å². The van der Waals surface area contributed by atoms with Crippen LogP contribution >= 0.6 is 11.6 Å². The molecule has 2 rings (SSSR count). The number of nitrogen functional groups attached to an aromatic ring is 1. The molecule has 0 aliphatic rings. The lowest BCUT2D eigenvalue weighted by molar-refractivity contribution is -0.115. The van der Waals surface area contributed by atoms with Crippen LogP contribution in [0.25, 0.3) is 0 Å². The lowest BCUT2D eigenvalue weighted by atomic mass is 10.2. The highest BCUT2D eigenvalue weighted by Crippen LogP contribution is 2.23. The number of rotatable bonds is 10. The number of ether oxygens (including phenoxy) is 1. The first-order chi connectivity index (χ1) is 14.3. The molecule has 0 saturated heterocycles. The van der Waals surface area contributed by atoms with Gasteiger partial charge < -0.3 is 20.7 Å². The van der Waals surface area contributed by atoms with Gasteiger partial charge in [0.25, 0.3) is 5.56 Å². The van der Waals surface area contributed by atoms with Crippen molar-refractivity contribution in [3.63, 3.8) is 0 Å². The molecule has 0 aliphatic carbocycles. The monoisotopic (exact) mass is 437 g/mol. The summed E-state index contributed by atoms with van der Waals surface area (Å²) < 4.78 is 6.42. The number of hydrogen-bond donors (Lipinski definition) is 3. The molecule has 0 aliphatic heterocycles. The normalized spacial score (nSPS) is 10.8. The van der Waals surface area contributed by atoms with Gasteiger partial charge in [-0.2, -0.15) is 0 Å². The molecule has 0 fully saturated rings.